The summed E-state index contributed by atoms with van der Waals surface area (Å²) >= 11 is 12.5. The molecule has 0 spiro atoms. The molecule has 3 heterocycles. The lowest BCUT2D eigenvalue weighted by atomic mass is 9.93. The molecule has 3 amide bonds. The number of benzene rings is 3. The molecule has 2 fully saturated rings. The minimum Gasteiger partial charge on any atom is -0.493 e. The molecule has 3 aromatic rings. The lowest BCUT2D eigenvalue weighted by Gasteiger charge is -2.36. The number of urea groups is 1. The van der Waals surface area contributed by atoms with E-state index < -0.39 is 28.1 Å². The van der Waals surface area contributed by atoms with Gasteiger partial charge in [-0.25, -0.2) is 13.2 Å². The number of carbonyl (C=O) groups excluding carboxylic acids is 2. The zero-order valence-electron chi connectivity index (χ0n) is 26.0. The lowest BCUT2D eigenvalue weighted by molar-refractivity contribution is -0.123. The maximum absolute atomic E-state index is 14.6. The van der Waals surface area contributed by atoms with Crippen LogP contribution in [0.25, 0.3) is 0 Å². The molecule has 0 unspecified atom stereocenters. The largest absolute Gasteiger partial charge is 0.493 e. The number of aryl methyl sites for hydroxylation is 1. The van der Waals surface area contributed by atoms with E-state index in [1.807, 2.05) is 31.2 Å². The van der Waals surface area contributed by atoms with E-state index in [2.05, 4.69) is 5.32 Å². The number of rotatable bonds is 7. The summed E-state index contributed by atoms with van der Waals surface area (Å²) in [5.74, 6) is 0.331. The van der Waals surface area contributed by atoms with Crippen LogP contribution >= 0.6 is 23.2 Å². The van der Waals surface area contributed by atoms with Gasteiger partial charge < -0.3 is 19.7 Å². The molecule has 248 valence electrons. The van der Waals surface area contributed by atoms with Crippen molar-refractivity contribution in [3.05, 3.63) is 93.0 Å². The zero-order chi connectivity index (χ0) is 33.3. The Hall–Kier alpha value is -3.68. The first-order valence-corrected chi connectivity index (χ1v) is 17.6. The summed E-state index contributed by atoms with van der Waals surface area (Å²) < 4.78 is 40.9. The summed E-state index contributed by atoms with van der Waals surface area (Å²) in [6.07, 6.45) is 0. The summed E-state index contributed by atoms with van der Waals surface area (Å²) in [6.45, 7) is 5.34. The molecule has 0 aliphatic carbocycles. The first kappa shape index (κ1) is 33.2. The minimum absolute atomic E-state index is 0.0864. The molecule has 0 radical (unpaired) electrons. The van der Waals surface area contributed by atoms with E-state index in [-0.39, 0.29) is 49.4 Å². The van der Waals surface area contributed by atoms with Gasteiger partial charge in [0, 0.05) is 36.2 Å². The van der Waals surface area contributed by atoms with Gasteiger partial charge in [-0.1, -0.05) is 47.5 Å². The molecule has 2 atom stereocenters. The molecule has 47 heavy (non-hydrogen) atoms. The van der Waals surface area contributed by atoms with E-state index in [0.717, 1.165) is 11.1 Å². The first-order chi connectivity index (χ1) is 22.6. The Morgan fingerprint density at radius 2 is 1.64 bits per heavy atom. The number of amidine groups is 1. The number of morpholine rings is 1. The Morgan fingerprint density at radius 3 is 2.26 bits per heavy atom. The molecule has 14 heteroatoms. The van der Waals surface area contributed by atoms with Crippen molar-refractivity contribution in [3.63, 3.8) is 0 Å². The Labute approximate surface area is 284 Å². The Balaban J connectivity index is 1.57. The van der Waals surface area contributed by atoms with Crippen LogP contribution in [0, 0.1) is 6.92 Å². The van der Waals surface area contributed by atoms with Gasteiger partial charge >= 0.3 is 6.03 Å². The second-order valence-corrected chi connectivity index (χ2v) is 14.2. The molecule has 6 rings (SSSR count). The Bertz CT molecular complexity index is 1800. The number of halogens is 2. The fourth-order valence-corrected chi connectivity index (χ4v) is 8.02. The maximum Gasteiger partial charge on any atom is 0.326 e. The predicted octanol–water partition coefficient (Wildman–Crippen LogP) is 4.82. The van der Waals surface area contributed by atoms with Crippen molar-refractivity contribution in [2.24, 2.45) is 4.99 Å². The fraction of sp³-hybridized carbons (Fsp3) is 0.364. The molecule has 0 bridgehead atoms. The van der Waals surface area contributed by atoms with Crippen LogP contribution in [0.4, 0.5) is 4.79 Å². The van der Waals surface area contributed by atoms with Gasteiger partial charge in [0.25, 0.3) is 0 Å². The van der Waals surface area contributed by atoms with Crippen LogP contribution in [0.5, 0.6) is 5.75 Å². The number of aliphatic imine (C=N–C) groups is 1. The van der Waals surface area contributed by atoms with Crippen LogP contribution < -0.4 is 10.1 Å². The first-order valence-electron chi connectivity index (χ1n) is 15.4. The number of carbonyl (C=O) groups is 2. The summed E-state index contributed by atoms with van der Waals surface area (Å²) in [4.78, 5) is 35.4. The van der Waals surface area contributed by atoms with Crippen molar-refractivity contribution in [2.75, 3.05) is 52.5 Å². The predicted molar refractivity (Wildman–Crippen MR) is 179 cm³/mol. The molecule has 0 aromatic heterocycles. The van der Waals surface area contributed by atoms with Crippen LogP contribution in [-0.2, 0) is 19.6 Å². The van der Waals surface area contributed by atoms with E-state index in [0.29, 0.717) is 46.7 Å². The highest BCUT2D eigenvalue weighted by Crippen LogP contribution is 2.46. The van der Waals surface area contributed by atoms with Gasteiger partial charge in [0.2, 0.25) is 15.9 Å². The third kappa shape index (κ3) is 6.70. The Kier molecular flexibility index (Phi) is 9.77. The standard InChI is InChI=1S/C33H35Cl2N5O6S/c1-3-46-27-18-21(2)28(47(43,44)39-14-16-45-17-15-39)19-26(27)32-37-30(22-4-8-24(34)9-5-22)31(23-6-10-25(35)11-7-23)40(32)33(42)38-13-12-36-29(41)20-38/h4-11,18-19,30-31H,3,12-17,20H2,1-2H3,(H,36,41)/t30-,31+/m0/s1. The van der Waals surface area contributed by atoms with Gasteiger partial charge in [-0.3, -0.25) is 14.7 Å². The lowest BCUT2D eigenvalue weighted by Crippen LogP contribution is -2.55. The molecule has 0 saturated carbocycles. The molecular formula is C33H35Cl2N5O6S. The van der Waals surface area contributed by atoms with Crippen molar-refractivity contribution in [1.29, 1.82) is 0 Å². The van der Waals surface area contributed by atoms with E-state index in [1.54, 1.807) is 48.2 Å². The number of piperazine rings is 1. The number of nitrogens with zero attached hydrogens (tertiary/aromatic N) is 4. The zero-order valence-corrected chi connectivity index (χ0v) is 28.3. The number of amides is 3. The normalized spacial score (nSPS) is 20.6. The van der Waals surface area contributed by atoms with Crippen molar-refractivity contribution in [1.82, 2.24) is 19.4 Å². The molecular weight excluding hydrogens is 665 g/mol. The number of hydrogen-bond acceptors (Lipinski definition) is 7. The summed E-state index contributed by atoms with van der Waals surface area (Å²) in [5.41, 5.74) is 2.37. The Morgan fingerprint density at radius 1 is 1.00 bits per heavy atom. The third-order valence-electron chi connectivity index (χ3n) is 8.41. The van der Waals surface area contributed by atoms with Crippen LogP contribution in [0.3, 0.4) is 0 Å². The van der Waals surface area contributed by atoms with E-state index in [4.69, 9.17) is 37.7 Å². The van der Waals surface area contributed by atoms with Crippen LogP contribution in [0.1, 0.15) is 41.3 Å². The van der Waals surface area contributed by atoms with Gasteiger partial charge in [-0.15, -0.1) is 0 Å². The van der Waals surface area contributed by atoms with Crippen LogP contribution in [0.2, 0.25) is 10.0 Å². The smallest absolute Gasteiger partial charge is 0.326 e. The van der Waals surface area contributed by atoms with Crippen molar-refractivity contribution in [2.45, 2.75) is 30.8 Å². The topological polar surface area (TPSA) is 121 Å². The van der Waals surface area contributed by atoms with E-state index >= 15 is 0 Å². The van der Waals surface area contributed by atoms with E-state index in [1.165, 1.54) is 9.21 Å². The molecule has 1 N–H and O–H groups in total. The molecule has 11 nitrogen and oxygen atoms in total. The number of nitrogens with one attached hydrogen (secondary N) is 1. The summed E-state index contributed by atoms with van der Waals surface area (Å²) in [7, 11) is -3.94. The van der Waals surface area contributed by atoms with Gasteiger partial charge in [0.1, 0.15) is 24.2 Å². The molecule has 2 saturated heterocycles. The highest BCUT2D eigenvalue weighted by atomic mass is 35.5. The number of hydrogen-bond donors (Lipinski definition) is 1. The third-order valence-corrected chi connectivity index (χ3v) is 11.0. The highest BCUT2D eigenvalue weighted by molar-refractivity contribution is 7.89. The molecule has 3 aromatic carbocycles. The van der Waals surface area contributed by atoms with E-state index in [9.17, 15) is 18.0 Å². The highest BCUT2D eigenvalue weighted by Gasteiger charge is 2.45. The number of ether oxygens (including phenoxy) is 2. The van der Waals surface area contributed by atoms with Gasteiger partial charge in [0.15, 0.2) is 0 Å². The van der Waals surface area contributed by atoms with Gasteiger partial charge in [-0.05, 0) is 66.9 Å². The van der Waals surface area contributed by atoms with Gasteiger partial charge in [0.05, 0.1) is 36.3 Å². The second kappa shape index (κ2) is 13.8. The van der Waals surface area contributed by atoms with Crippen molar-refractivity contribution >= 4 is 51.0 Å². The molecule has 3 aliphatic rings. The average molecular weight is 701 g/mol. The second-order valence-electron chi connectivity index (χ2n) is 11.4. The summed E-state index contributed by atoms with van der Waals surface area (Å²) in [5, 5.41) is 3.84. The molecule has 3 aliphatic heterocycles. The van der Waals surface area contributed by atoms with Crippen LogP contribution in [0.15, 0.2) is 70.6 Å². The number of sulfonamides is 1. The SMILES string of the molecule is CCOc1cc(C)c(S(=O)(=O)N2CCOCC2)cc1C1=N[C@@H](c2ccc(Cl)cc2)[C@@H](c2ccc(Cl)cc2)N1C(=O)N1CCNC(=O)C1. The van der Waals surface area contributed by atoms with Gasteiger partial charge in [-0.2, -0.15) is 4.31 Å². The van der Waals surface area contributed by atoms with Crippen molar-refractivity contribution in [3.8, 4) is 5.75 Å². The van der Waals surface area contributed by atoms with Crippen molar-refractivity contribution < 1.29 is 27.5 Å². The quantitative estimate of drug-likeness (QED) is 0.378. The van der Waals surface area contributed by atoms with Crippen LogP contribution in [-0.4, -0.2) is 92.8 Å². The average Bonchev–Trinajstić information content (AvgIpc) is 3.46. The minimum atomic E-state index is -3.94. The maximum atomic E-state index is 14.6. The summed E-state index contributed by atoms with van der Waals surface area (Å²) in [6, 6.07) is 15.9. The fourth-order valence-electron chi connectivity index (χ4n) is 6.12. The monoisotopic (exact) mass is 699 g/mol.